The first-order chi connectivity index (χ1) is 40.3. The molecular weight excluding hydrogens is 1140 g/mol. The number of rotatable bonds is 15. The standard InChI is InChI=1S/C59H92O27/c1-10-24(2)49(76)86-46-47(79-25(3)63)59(23-62)27(17-54(46,4)5)26-11-12-32-55(6)15-14-34(56(7,22-61)31(55)13-16-57(32,8)58(26,9)18-33(59)66)81-53-45(85-52-44(36(68)29(65)21-78-52)84-50-39(71)35(67)28(64)20-77-50)42(41(73)43(83-53)48(74)75)82-51-40(72)38(70)37(69)30(19-60)80-51/h10-11,27-47,50-53,60-62,64-73H,12-23H2,1-9H3,(H,74,75)/b24-10+. The van der Waals surface area contributed by atoms with E-state index in [4.69, 9.17) is 47.4 Å². The Bertz CT molecular complexity index is 2510. The summed E-state index contributed by atoms with van der Waals surface area (Å²) in [7, 11) is 0. The normalized spacial score (nSPS) is 51.2. The topological polar surface area (TPSA) is 427 Å². The van der Waals surface area contributed by atoms with Crippen molar-refractivity contribution in [3.05, 3.63) is 23.3 Å². The number of fused-ring (bicyclic) bond motifs is 7. The Labute approximate surface area is 498 Å². The van der Waals surface area contributed by atoms with E-state index in [1.807, 2.05) is 20.8 Å². The van der Waals surface area contributed by atoms with Gasteiger partial charge in [0.1, 0.15) is 91.6 Å². The molecule has 86 heavy (non-hydrogen) atoms. The Hall–Kier alpha value is -2.95. The van der Waals surface area contributed by atoms with Crippen molar-refractivity contribution in [1.29, 1.82) is 0 Å². The van der Waals surface area contributed by atoms with E-state index in [0.29, 0.717) is 37.7 Å². The van der Waals surface area contributed by atoms with Crippen molar-refractivity contribution >= 4 is 17.9 Å². The highest BCUT2D eigenvalue weighted by atomic mass is 16.8. The molecule has 14 N–H and O–H groups in total. The fourth-order valence-electron chi connectivity index (χ4n) is 17.1. The average Bonchev–Trinajstić information content (AvgIpc) is 0.675. The van der Waals surface area contributed by atoms with Gasteiger partial charge in [-0.15, -0.1) is 0 Å². The number of allylic oxidation sites excluding steroid dienone is 3. The summed E-state index contributed by atoms with van der Waals surface area (Å²) >= 11 is 0. The zero-order chi connectivity index (χ0) is 63.3. The monoisotopic (exact) mass is 1230 g/mol. The molecule has 9 rings (SSSR count). The molecule has 0 amide bonds. The molecule has 0 aromatic rings. The number of hydrogen-bond acceptors (Lipinski definition) is 26. The van der Waals surface area contributed by atoms with E-state index < -0.39 is 224 Å². The van der Waals surface area contributed by atoms with Gasteiger partial charge < -0.3 is 119 Å². The molecule has 490 valence electrons. The van der Waals surface area contributed by atoms with Crippen LogP contribution in [0.3, 0.4) is 0 Å². The molecule has 0 spiro atoms. The van der Waals surface area contributed by atoms with Crippen molar-refractivity contribution in [2.45, 2.75) is 242 Å². The van der Waals surface area contributed by atoms with Gasteiger partial charge in [0.25, 0.3) is 0 Å². The van der Waals surface area contributed by atoms with Gasteiger partial charge in [0.05, 0.1) is 50.7 Å². The number of aliphatic carboxylic acids is 1. The fourth-order valence-corrected chi connectivity index (χ4v) is 17.1. The van der Waals surface area contributed by atoms with Crippen molar-refractivity contribution in [3.8, 4) is 0 Å². The predicted octanol–water partition coefficient (Wildman–Crippen LogP) is -2.22. The van der Waals surface area contributed by atoms with Gasteiger partial charge >= 0.3 is 17.9 Å². The lowest BCUT2D eigenvalue weighted by molar-refractivity contribution is -0.400. The molecule has 30 unspecified atom stereocenters. The number of ether oxygens (including phenoxy) is 10. The van der Waals surface area contributed by atoms with Gasteiger partial charge in [0, 0.05) is 23.3 Å². The van der Waals surface area contributed by atoms with Crippen molar-refractivity contribution < 1.29 is 133 Å². The number of aliphatic hydroxyl groups excluding tert-OH is 13. The van der Waals surface area contributed by atoms with Gasteiger partial charge in [0.2, 0.25) is 0 Å². The van der Waals surface area contributed by atoms with Crippen LogP contribution in [0.25, 0.3) is 0 Å². The average molecular weight is 1230 g/mol. The third kappa shape index (κ3) is 11.0. The molecule has 5 aliphatic carbocycles. The van der Waals surface area contributed by atoms with Crippen molar-refractivity contribution in [2.24, 2.45) is 50.2 Å². The third-order valence-electron chi connectivity index (χ3n) is 22.4. The molecule has 0 aromatic heterocycles. The minimum absolute atomic E-state index is 0.121. The minimum atomic E-state index is -2.26. The van der Waals surface area contributed by atoms with Gasteiger partial charge in [-0.3, -0.25) is 4.79 Å². The number of esters is 2. The van der Waals surface area contributed by atoms with E-state index in [-0.39, 0.29) is 24.7 Å². The molecule has 30 atom stereocenters. The zero-order valence-corrected chi connectivity index (χ0v) is 50.1. The lowest BCUT2D eigenvalue weighted by atomic mass is 9.33. The smallest absolute Gasteiger partial charge is 0.335 e. The molecule has 27 heteroatoms. The number of carboxylic acid groups (broad SMARTS) is 1. The van der Waals surface area contributed by atoms with Crippen molar-refractivity contribution in [1.82, 2.24) is 0 Å². The maximum atomic E-state index is 13.5. The summed E-state index contributed by atoms with van der Waals surface area (Å²) in [5.74, 6) is -4.03. The molecule has 27 nitrogen and oxygen atoms in total. The first-order valence-corrected chi connectivity index (χ1v) is 30.0. The molecule has 0 radical (unpaired) electrons. The van der Waals surface area contributed by atoms with Crippen LogP contribution in [0, 0.1) is 50.2 Å². The lowest BCUT2D eigenvalue weighted by Crippen LogP contribution is -2.72. The second kappa shape index (κ2) is 24.9. The SMILES string of the molecule is C/C=C(\C)C(=O)OC1C(OC(C)=O)C2(CO)C(O)CC3(C)C(=CCC4C5(C)CCC(OC6OC(C(=O)O)C(O)C(OC7OC(CO)C(O)C(O)C7O)C6OC6OCC(O)C(O)C6OC6OCC(O)C(O)C6O)C(C)(CO)C5CCC43C)C2CC1(C)C. The number of carbonyl (C=O) groups excluding carboxylic acids is 2. The second-order valence-corrected chi connectivity index (χ2v) is 27.4. The van der Waals surface area contributed by atoms with Crippen LogP contribution in [0.2, 0.25) is 0 Å². The van der Waals surface area contributed by atoms with E-state index >= 15 is 0 Å². The Kier molecular flexibility index (Phi) is 19.5. The molecule has 9 aliphatic rings. The van der Waals surface area contributed by atoms with Crippen LogP contribution in [0.5, 0.6) is 0 Å². The fraction of sp³-hybridized carbons (Fsp3) is 0.881. The van der Waals surface area contributed by atoms with E-state index in [1.54, 1.807) is 19.9 Å². The Morgan fingerprint density at radius 1 is 0.640 bits per heavy atom. The summed E-state index contributed by atoms with van der Waals surface area (Å²) in [6.45, 7) is 13.6. The number of aliphatic hydroxyl groups is 13. The third-order valence-corrected chi connectivity index (χ3v) is 22.4. The van der Waals surface area contributed by atoms with Crippen LogP contribution in [-0.4, -0.2) is 257 Å². The van der Waals surface area contributed by atoms with Gasteiger partial charge in [-0.05, 0) is 92.8 Å². The van der Waals surface area contributed by atoms with E-state index in [2.05, 4.69) is 26.8 Å². The predicted molar refractivity (Wildman–Crippen MR) is 290 cm³/mol. The first-order valence-electron chi connectivity index (χ1n) is 30.0. The van der Waals surface area contributed by atoms with Crippen LogP contribution in [0.1, 0.15) is 107 Å². The molecule has 4 heterocycles. The summed E-state index contributed by atoms with van der Waals surface area (Å²) in [4.78, 5) is 39.6. The van der Waals surface area contributed by atoms with Crippen LogP contribution >= 0.6 is 0 Å². The van der Waals surface area contributed by atoms with E-state index in [1.165, 1.54) is 6.92 Å². The number of carboxylic acids is 1. The number of carbonyl (C=O) groups is 3. The van der Waals surface area contributed by atoms with Crippen LogP contribution in [0.15, 0.2) is 23.3 Å². The maximum absolute atomic E-state index is 13.5. The summed E-state index contributed by atoms with van der Waals surface area (Å²) in [5.41, 5.74) is -4.02. The van der Waals surface area contributed by atoms with Crippen LogP contribution < -0.4 is 0 Å². The van der Waals surface area contributed by atoms with Crippen molar-refractivity contribution in [2.75, 3.05) is 33.0 Å². The summed E-state index contributed by atoms with van der Waals surface area (Å²) in [6, 6.07) is 0. The Morgan fingerprint density at radius 2 is 1.27 bits per heavy atom. The highest BCUT2D eigenvalue weighted by Crippen LogP contribution is 2.76. The zero-order valence-electron chi connectivity index (χ0n) is 50.1. The molecular formula is C59H92O27. The molecule has 4 saturated heterocycles. The summed E-state index contributed by atoms with van der Waals surface area (Å²) in [5, 5.41) is 156. The van der Waals surface area contributed by atoms with Crippen LogP contribution in [0.4, 0.5) is 0 Å². The molecule has 0 aromatic carbocycles. The Morgan fingerprint density at radius 3 is 1.88 bits per heavy atom. The highest BCUT2D eigenvalue weighted by Gasteiger charge is 2.74. The minimum Gasteiger partial charge on any atom is -0.479 e. The van der Waals surface area contributed by atoms with Crippen LogP contribution in [-0.2, 0) is 61.8 Å². The van der Waals surface area contributed by atoms with Gasteiger partial charge in [-0.2, -0.15) is 0 Å². The highest BCUT2D eigenvalue weighted by molar-refractivity contribution is 5.87. The Balaban J connectivity index is 1.06. The quantitative estimate of drug-likeness (QED) is 0.0357. The molecule has 0 bridgehead atoms. The van der Waals surface area contributed by atoms with E-state index in [0.717, 1.165) is 5.57 Å². The molecule has 8 fully saturated rings. The number of hydrogen-bond donors (Lipinski definition) is 14. The second-order valence-electron chi connectivity index (χ2n) is 27.4. The summed E-state index contributed by atoms with van der Waals surface area (Å²) in [6.07, 6.45) is -32.4. The summed E-state index contributed by atoms with van der Waals surface area (Å²) < 4.78 is 60.8. The van der Waals surface area contributed by atoms with Crippen molar-refractivity contribution in [3.63, 3.8) is 0 Å². The first kappa shape index (κ1) is 67.4. The van der Waals surface area contributed by atoms with Gasteiger partial charge in [-0.25, -0.2) is 9.59 Å². The molecule has 4 aliphatic heterocycles. The van der Waals surface area contributed by atoms with Gasteiger partial charge in [0.15, 0.2) is 31.3 Å². The van der Waals surface area contributed by atoms with E-state index in [9.17, 15) is 85.9 Å². The van der Waals surface area contributed by atoms with Gasteiger partial charge in [-0.1, -0.05) is 59.3 Å². The largest absolute Gasteiger partial charge is 0.479 e. The molecule has 4 saturated carbocycles. The lowest BCUT2D eigenvalue weighted by Gasteiger charge is -2.72. The maximum Gasteiger partial charge on any atom is 0.335 e.